The average Bonchev–Trinajstić information content (AvgIpc) is 2.84. The summed E-state index contributed by atoms with van der Waals surface area (Å²) < 4.78 is 0. The molecule has 2 aromatic carbocycles. The van der Waals surface area contributed by atoms with Crippen molar-refractivity contribution < 1.29 is 9.90 Å². The predicted octanol–water partition coefficient (Wildman–Crippen LogP) is 4.40. The monoisotopic (exact) mass is 444 g/mol. The molecule has 33 heavy (non-hydrogen) atoms. The lowest BCUT2D eigenvalue weighted by molar-refractivity contribution is -0.153. The molecule has 2 aromatic rings. The largest absolute Gasteiger partial charge is 0.393 e. The zero-order valence-electron chi connectivity index (χ0n) is 19.7. The molecule has 1 aliphatic heterocycles. The van der Waals surface area contributed by atoms with Gasteiger partial charge in [0.2, 0.25) is 5.91 Å². The van der Waals surface area contributed by atoms with Crippen LogP contribution in [0.15, 0.2) is 54.6 Å². The molecule has 4 saturated carbocycles. The predicted molar refractivity (Wildman–Crippen MR) is 131 cm³/mol. The quantitative estimate of drug-likeness (QED) is 0.760. The van der Waals surface area contributed by atoms with Gasteiger partial charge in [-0.05, 0) is 74.0 Å². The van der Waals surface area contributed by atoms with Crippen LogP contribution in [0.1, 0.15) is 43.2 Å². The minimum atomic E-state index is -0.114. The Morgan fingerprint density at radius 1 is 0.879 bits per heavy atom. The average molecular weight is 445 g/mol. The Morgan fingerprint density at radius 2 is 1.45 bits per heavy atom. The third-order valence-electron chi connectivity index (χ3n) is 9.56. The molecule has 4 nitrogen and oxygen atoms in total. The molecule has 5 aliphatic rings. The second-order valence-corrected chi connectivity index (χ2v) is 11.1. The van der Waals surface area contributed by atoms with Crippen molar-refractivity contribution in [1.82, 2.24) is 4.90 Å². The molecule has 1 amide bonds. The Labute approximate surface area is 197 Å². The van der Waals surface area contributed by atoms with Crippen molar-refractivity contribution in [2.75, 3.05) is 31.1 Å². The van der Waals surface area contributed by atoms with Crippen LogP contribution in [0.2, 0.25) is 0 Å². The lowest BCUT2D eigenvalue weighted by Crippen LogP contribution is -2.61. The van der Waals surface area contributed by atoms with Crippen molar-refractivity contribution >= 4 is 11.6 Å². The molecule has 4 aliphatic carbocycles. The van der Waals surface area contributed by atoms with Crippen LogP contribution >= 0.6 is 0 Å². The van der Waals surface area contributed by atoms with Gasteiger partial charge < -0.3 is 14.9 Å². The van der Waals surface area contributed by atoms with Crippen LogP contribution in [0.4, 0.5) is 5.69 Å². The number of nitrogens with zero attached hydrogens (tertiary/aromatic N) is 2. The number of carbonyl (C=O) groups is 1. The highest BCUT2D eigenvalue weighted by Crippen LogP contribution is 2.64. The lowest BCUT2D eigenvalue weighted by Gasteiger charge is -2.63. The minimum absolute atomic E-state index is 0.0560. The molecule has 4 bridgehead atoms. The number of benzene rings is 2. The van der Waals surface area contributed by atoms with Crippen LogP contribution in [0.3, 0.4) is 0 Å². The lowest BCUT2D eigenvalue weighted by atomic mass is 9.42. The molecule has 1 N–H and O–H groups in total. The van der Waals surface area contributed by atoms with Crippen LogP contribution in [-0.4, -0.2) is 48.2 Å². The second kappa shape index (κ2) is 8.16. The zero-order chi connectivity index (χ0) is 22.6. The van der Waals surface area contributed by atoms with E-state index in [2.05, 4.69) is 71.3 Å². The Kier molecular flexibility index (Phi) is 5.25. The summed E-state index contributed by atoms with van der Waals surface area (Å²) in [6.07, 6.45) is 4.84. The van der Waals surface area contributed by atoms with Crippen molar-refractivity contribution in [2.45, 2.75) is 50.5 Å². The van der Waals surface area contributed by atoms with Crippen molar-refractivity contribution in [1.29, 1.82) is 0 Å². The number of piperazine rings is 1. The highest BCUT2D eigenvalue weighted by molar-refractivity contribution is 5.78. The van der Waals surface area contributed by atoms with Crippen molar-refractivity contribution in [3.05, 3.63) is 65.7 Å². The number of aryl methyl sites for hydroxylation is 1. The van der Waals surface area contributed by atoms with E-state index >= 15 is 0 Å². The van der Waals surface area contributed by atoms with Gasteiger partial charge in [0.15, 0.2) is 0 Å². The summed E-state index contributed by atoms with van der Waals surface area (Å²) in [5, 5.41) is 10.7. The van der Waals surface area contributed by atoms with Gasteiger partial charge in [-0.25, -0.2) is 0 Å². The standard InChI is InChI=1S/C29H36N2O2/c1-20-7-9-26(10-8-20)30-11-13-31(14-12-30)27(32)19-29(23-5-3-2-4-6-23)24-15-21-16-25(29)18-22(17-24)28(21)33/h2-10,21-22,24-25,28,33H,11-19H2,1H3. The smallest absolute Gasteiger partial charge is 0.223 e. The van der Waals surface area contributed by atoms with E-state index < -0.39 is 0 Å². The SMILES string of the molecule is Cc1ccc(N2CCN(C(=O)CC3(c4ccccc4)C4CC5CC3CC(C4)C5O)CC2)cc1. The molecule has 0 radical (unpaired) electrons. The summed E-state index contributed by atoms with van der Waals surface area (Å²) in [5.74, 6) is 2.25. The maximum absolute atomic E-state index is 13.8. The van der Waals surface area contributed by atoms with Crippen LogP contribution in [0, 0.1) is 30.6 Å². The third-order valence-corrected chi connectivity index (χ3v) is 9.56. The molecule has 4 heteroatoms. The summed E-state index contributed by atoms with van der Waals surface area (Å²) in [5.41, 5.74) is 3.84. The number of hydrogen-bond acceptors (Lipinski definition) is 3. The molecule has 0 spiro atoms. The number of aliphatic hydroxyl groups excluding tert-OH is 1. The van der Waals surface area contributed by atoms with Gasteiger partial charge in [0.05, 0.1) is 6.10 Å². The van der Waals surface area contributed by atoms with Gasteiger partial charge in [0.25, 0.3) is 0 Å². The molecule has 0 atom stereocenters. The van der Waals surface area contributed by atoms with Gasteiger partial charge in [-0.2, -0.15) is 0 Å². The first kappa shape index (κ1) is 21.2. The molecule has 0 aromatic heterocycles. The Bertz CT molecular complexity index is 964. The van der Waals surface area contributed by atoms with E-state index in [-0.39, 0.29) is 11.5 Å². The highest BCUT2D eigenvalue weighted by Gasteiger charge is 2.61. The van der Waals surface area contributed by atoms with E-state index in [4.69, 9.17) is 0 Å². The molecule has 174 valence electrons. The molecule has 5 fully saturated rings. The minimum Gasteiger partial charge on any atom is -0.393 e. The van der Waals surface area contributed by atoms with E-state index in [1.165, 1.54) is 16.8 Å². The van der Waals surface area contributed by atoms with E-state index in [0.717, 1.165) is 51.9 Å². The topological polar surface area (TPSA) is 43.8 Å². The van der Waals surface area contributed by atoms with Gasteiger partial charge in [0.1, 0.15) is 0 Å². The molecular formula is C29H36N2O2. The molecule has 0 unspecified atom stereocenters. The first-order valence-corrected chi connectivity index (χ1v) is 12.9. The second-order valence-electron chi connectivity index (χ2n) is 11.1. The van der Waals surface area contributed by atoms with Gasteiger partial charge in [-0.3, -0.25) is 4.79 Å². The fraction of sp³-hybridized carbons (Fsp3) is 0.552. The fourth-order valence-corrected chi connectivity index (χ4v) is 7.91. The van der Waals surface area contributed by atoms with Crippen molar-refractivity contribution in [2.24, 2.45) is 23.7 Å². The molecular weight excluding hydrogens is 408 g/mol. The summed E-state index contributed by atoms with van der Waals surface area (Å²) in [7, 11) is 0. The van der Waals surface area contributed by atoms with Crippen molar-refractivity contribution in [3.63, 3.8) is 0 Å². The van der Waals surface area contributed by atoms with Gasteiger partial charge in [0, 0.05) is 43.7 Å². The summed E-state index contributed by atoms with van der Waals surface area (Å²) in [6.45, 7) is 5.52. The zero-order valence-corrected chi connectivity index (χ0v) is 19.7. The maximum atomic E-state index is 13.8. The number of rotatable bonds is 4. The molecule has 7 rings (SSSR count). The van der Waals surface area contributed by atoms with Crippen LogP contribution < -0.4 is 4.90 Å². The summed E-state index contributed by atoms with van der Waals surface area (Å²) in [6, 6.07) is 19.6. The number of carbonyl (C=O) groups excluding carboxylic acids is 1. The van der Waals surface area contributed by atoms with E-state index in [1.807, 2.05) is 0 Å². The first-order valence-electron chi connectivity index (χ1n) is 12.9. The highest BCUT2D eigenvalue weighted by atomic mass is 16.3. The first-order chi connectivity index (χ1) is 16.0. The molecule has 1 saturated heterocycles. The normalized spacial score (nSPS) is 35.2. The van der Waals surface area contributed by atoms with Gasteiger partial charge >= 0.3 is 0 Å². The Morgan fingerprint density at radius 3 is 2.03 bits per heavy atom. The number of anilines is 1. The Balaban J connectivity index is 1.21. The summed E-state index contributed by atoms with van der Waals surface area (Å²) in [4.78, 5) is 18.3. The number of amides is 1. The van der Waals surface area contributed by atoms with Gasteiger partial charge in [-0.1, -0.05) is 48.0 Å². The van der Waals surface area contributed by atoms with Gasteiger partial charge in [-0.15, -0.1) is 0 Å². The van der Waals surface area contributed by atoms with E-state index in [0.29, 0.717) is 36.0 Å². The Hall–Kier alpha value is -2.33. The van der Waals surface area contributed by atoms with Crippen molar-refractivity contribution in [3.8, 4) is 0 Å². The maximum Gasteiger partial charge on any atom is 0.223 e. The fourth-order valence-electron chi connectivity index (χ4n) is 7.91. The van der Waals surface area contributed by atoms with E-state index in [1.54, 1.807) is 0 Å². The van der Waals surface area contributed by atoms with Crippen LogP contribution in [0.5, 0.6) is 0 Å². The van der Waals surface area contributed by atoms with Crippen LogP contribution in [0.25, 0.3) is 0 Å². The van der Waals surface area contributed by atoms with Crippen LogP contribution in [-0.2, 0) is 10.2 Å². The number of hydrogen-bond donors (Lipinski definition) is 1. The number of aliphatic hydroxyl groups is 1. The summed E-state index contributed by atoms with van der Waals surface area (Å²) >= 11 is 0. The molecule has 1 heterocycles. The van der Waals surface area contributed by atoms with E-state index in [9.17, 15) is 9.90 Å². The third kappa shape index (κ3) is 3.49.